The zero-order valence-electron chi connectivity index (χ0n) is 15.2. The minimum Gasteiger partial charge on any atom is -0.493 e. The second kappa shape index (κ2) is 8.88. The molecule has 0 spiro atoms. The van der Waals surface area contributed by atoms with Crippen LogP contribution in [0.1, 0.15) is 18.9 Å². The molecule has 0 N–H and O–H groups in total. The van der Waals surface area contributed by atoms with E-state index in [2.05, 4.69) is 5.16 Å². The van der Waals surface area contributed by atoms with Gasteiger partial charge in [-0.15, -0.1) is 0 Å². The van der Waals surface area contributed by atoms with E-state index < -0.39 is 9.84 Å². The first-order valence-corrected chi connectivity index (χ1v) is 10.1. The molecule has 0 bridgehead atoms. The van der Waals surface area contributed by atoms with E-state index in [1.54, 1.807) is 32.4 Å². The van der Waals surface area contributed by atoms with Crippen LogP contribution in [-0.4, -0.2) is 70.4 Å². The first-order valence-electron chi connectivity index (χ1n) is 8.28. The number of hydrogen-bond donors (Lipinski definition) is 0. The Morgan fingerprint density at radius 1 is 1.38 bits per heavy atom. The van der Waals surface area contributed by atoms with E-state index in [1.165, 1.54) is 11.1 Å². The number of hydrogen-bond acceptors (Lipinski definition) is 7. The average molecular weight is 384 g/mol. The SMILES string of the molecule is CCOc1ccc(/C=N\OCC(=O)N(C)[C@H]2CCS(=O)(=O)C2)cc1OC. The van der Waals surface area contributed by atoms with E-state index >= 15 is 0 Å². The monoisotopic (exact) mass is 384 g/mol. The fourth-order valence-electron chi connectivity index (χ4n) is 2.62. The first-order chi connectivity index (χ1) is 12.4. The Kier molecular flexibility index (Phi) is 6.84. The average Bonchev–Trinajstić information content (AvgIpc) is 2.98. The van der Waals surface area contributed by atoms with Crippen molar-refractivity contribution in [2.24, 2.45) is 5.16 Å². The minimum atomic E-state index is -3.04. The molecule has 1 saturated heterocycles. The largest absolute Gasteiger partial charge is 0.493 e. The van der Waals surface area contributed by atoms with E-state index in [9.17, 15) is 13.2 Å². The number of ether oxygens (including phenoxy) is 2. The number of likely N-dealkylation sites (N-methyl/N-ethyl adjacent to an activating group) is 1. The smallest absolute Gasteiger partial charge is 0.263 e. The fourth-order valence-corrected chi connectivity index (χ4v) is 4.39. The lowest BCUT2D eigenvalue weighted by Crippen LogP contribution is -2.39. The second-order valence-electron chi connectivity index (χ2n) is 5.91. The highest BCUT2D eigenvalue weighted by molar-refractivity contribution is 7.91. The Morgan fingerprint density at radius 2 is 2.15 bits per heavy atom. The van der Waals surface area contributed by atoms with Crippen LogP contribution in [0.3, 0.4) is 0 Å². The van der Waals surface area contributed by atoms with Gasteiger partial charge in [0.25, 0.3) is 5.91 Å². The second-order valence-corrected chi connectivity index (χ2v) is 8.14. The molecular weight excluding hydrogens is 360 g/mol. The molecule has 1 aliphatic heterocycles. The van der Waals surface area contributed by atoms with Crippen molar-refractivity contribution in [2.75, 3.05) is 38.9 Å². The lowest BCUT2D eigenvalue weighted by molar-refractivity contribution is -0.136. The van der Waals surface area contributed by atoms with Gasteiger partial charge in [0.1, 0.15) is 0 Å². The summed E-state index contributed by atoms with van der Waals surface area (Å²) >= 11 is 0. The van der Waals surface area contributed by atoms with Crippen LogP contribution in [0.5, 0.6) is 11.5 Å². The van der Waals surface area contributed by atoms with Gasteiger partial charge in [-0.1, -0.05) is 5.16 Å². The van der Waals surface area contributed by atoms with Crippen LogP contribution in [0.25, 0.3) is 0 Å². The topological polar surface area (TPSA) is 94.5 Å². The highest BCUT2D eigenvalue weighted by Gasteiger charge is 2.32. The van der Waals surface area contributed by atoms with Gasteiger partial charge >= 0.3 is 0 Å². The number of carbonyl (C=O) groups is 1. The van der Waals surface area contributed by atoms with E-state index in [4.69, 9.17) is 14.3 Å². The molecule has 0 radical (unpaired) electrons. The standard InChI is InChI=1S/C17H24N2O6S/c1-4-24-15-6-5-13(9-16(15)23-3)10-18-25-11-17(20)19(2)14-7-8-26(21,22)12-14/h5-6,9-10,14H,4,7-8,11-12H2,1-3H3/b18-10-/t14-/m0/s1. The third kappa shape index (κ3) is 5.35. The molecule has 1 heterocycles. The Hall–Kier alpha value is -2.29. The molecule has 1 amide bonds. The summed E-state index contributed by atoms with van der Waals surface area (Å²) in [5.41, 5.74) is 0.730. The molecular formula is C17H24N2O6S. The molecule has 1 aliphatic rings. The van der Waals surface area contributed by atoms with Gasteiger partial charge in [-0.3, -0.25) is 4.79 Å². The maximum Gasteiger partial charge on any atom is 0.263 e. The maximum absolute atomic E-state index is 12.1. The van der Waals surface area contributed by atoms with E-state index in [1.807, 2.05) is 6.92 Å². The van der Waals surface area contributed by atoms with Crippen LogP contribution in [-0.2, 0) is 19.5 Å². The molecule has 1 atom stereocenters. The summed E-state index contributed by atoms with van der Waals surface area (Å²) in [6, 6.07) is 5.01. The lowest BCUT2D eigenvalue weighted by Gasteiger charge is -2.22. The maximum atomic E-state index is 12.1. The van der Waals surface area contributed by atoms with Gasteiger partial charge in [-0.2, -0.15) is 0 Å². The van der Waals surface area contributed by atoms with Gasteiger partial charge in [0.2, 0.25) is 0 Å². The molecule has 1 aromatic carbocycles. The van der Waals surface area contributed by atoms with E-state index in [0.29, 0.717) is 24.5 Å². The number of amides is 1. The molecule has 0 aliphatic carbocycles. The molecule has 0 saturated carbocycles. The molecule has 0 aromatic heterocycles. The van der Waals surface area contributed by atoms with Crippen molar-refractivity contribution in [2.45, 2.75) is 19.4 Å². The van der Waals surface area contributed by atoms with Crippen molar-refractivity contribution < 1.29 is 27.5 Å². The van der Waals surface area contributed by atoms with Gasteiger partial charge in [-0.05, 0) is 31.5 Å². The van der Waals surface area contributed by atoms with Crippen molar-refractivity contribution >= 4 is 22.0 Å². The highest BCUT2D eigenvalue weighted by Crippen LogP contribution is 2.27. The van der Waals surface area contributed by atoms with Gasteiger partial charge in [0.05, 0.1) is 31.4 Å². The minimum absolute atomic E-state index is 0.00445. The van der Waals surface area contributed by atoms with Crippen molar-refractivity contribution in [3.05, 3.63) is 23.8 Å². The summed E-state index contributed by atoms with van der Waals surface area (Å²) in [4.78, 5) is 18.5. The highest BCUT2D eigenvalue weighted by atomic mass is 32.2. The predicted octanol–water partition coefficient (Wildman–Crippen LogP) is 1.09. The molecule has 8 nitrogen and oxygen atoms in total. The van der Waals surface area contributed by atoms with Crippen LogP contribution in [0, 0.1) is 0 Å². The summed E-state index contributed by atoms with van der Waals surface area (Å²) < 4.78 is 33.7. The van der Waals surface area contributed by atoms with Crippen molar-refractivity contribution in [1.82, 2.24) is 4.90 Å². The van der Waals surface area contributed by atoms with Gasteiger partial charge in [-0.25, -0.2) is 8.42 Å². The van der Waals surface area contributed by atoms with Crippen LogP contribution in [0.2, 0.25) is 0 Å². The van der Waals surface area contributed by atoms with Crippen LogP contribution >= 0.6 is 0 Å². The third-order valence-corrected chi connectivity index (χ3v) is 5.85. The number of methoxy groups -OCH3 is 1. The van der Waals surface area contributed by atoms with Crippen LogP contribution in [0.4, 0.5) is 0 Å². The Bertz CT molecular complexity index is 763. The lowest BCUT2D eigenvalue weighted by atomic mass is 10.2. The predicted molar refractivity (Wildman–Crippen MR) is 97.5 cm³/mol. The number of rotatable bonds is 8. The number of sulfone groups is 1. The Labute approximate surface area is 153 Å². The number of benzene rings is 1. The summed E-state index contributed by atoms with van der Waals surface area (Å²) in [5.74, 6) is 1.03. The Morgan fingerprint density at radius 3 is 2.77 bits per heavy atom. The molecule has 1 aromatic rings. The summed E-state index contributed by atoms with van der Waals surface area (Å²) in [6.45, 7) is 2.17. The van der Waals surface area contributed by atoms with Crippen LogP contribution in [0.15, 0.2) is 23.4 Å². The van der Waals surface area contributed by atoms with E-state index in [0.717, 1.165) is 5.56 Å². The molecule has 144 valence electrons. The molecule has 1 fully saturated rings. The quantitative estimate of drug-likeness (QED) is 0.492. The van der Waals surface area contributed by atoms with Gasteiger partial charge in [0, 0.05) is 18.7 Å². The zero-order valence-corrected chi connectivity index (χ0v) is 16.0. The number of carbonyl (C=O) groups excluding carboxylic acids is 1. The number of oxime groups is 1. The first kappa shape index (κ1) is 20.0. The zero-order chi connectivity index (χ0) is 19.2. The summed E-state index contributed by atoms with van der Waals surface area (Å²) in [6.07, 6.45) is 1.92. The third-order valence-electron chi connectivity index (χ3n) is 4.10. The summed E-state index contributed by atoms with van der Waals surface area (Å²) in [5, 5.41) is 3.78. The van der Waals surface area contributed by atoms with Gasteiger partial charge < -0.3 is 19.2 Å². The molecule has 0 unspecified atom stereocenters. The summed E-state index contributed by atoms with van der Waals surface area (Å²) in [7, 11) is 0.0941. The molecule has 26 heavy (non-hydrogen) atoms. The van der Waals surface area contributed by atoms with E-state index in [-0.39, 0.29) is 30.1 Å². The van der Waals surface area contributed by atoms with Crippen molar-refractivity contribution in [3.63, 3.8) is 0 Å². The molecule has 9 heteroatoms. The molecule has 2 rings (SSSR count). The van der Waals surface area contributed by atoms with Crippen molar-refractivity contribution in [1.29, 1.82) is 0 Å². The Balaban J connectivity index is 1.86. The fraction of sp³-hybridized carbons (Fsp3) is 0.529. The van der Waals surface area contributed by atoms with Gasteiger partial charge in [0.15, 0.2) is 27.9 Å². The van der Waals surface area contributed by atoms with Crippen LogP contribution < -0.4 is 9.47 Å². The normalized spacial score (nSPS) is 18.7. The number of nitrogens with zero attached hydrogens (tertiary/aromatic N) is 2. The van der Waals surface area contributed by atoms with Crippen molar-refractivity contribution in [3.8, 4) is 11.5 Å².